The van der Waals surface area contributed by atoms with Gasteiger partial charge in [-0.2, -0.15) is 0 Å². The monoisotopic (exact) mass is 374 g/mol. The Morgan fingerprint density at radius 2 is 1.00 bits per heavy atom. The number of rotatable bonds is 17. The van der Waals surface area contributed by atoms with Gasteiger partial charge < -0.3 is 5.11 Å². The van der Waals surface area contributed by atoms with E-state index in [1.54, 1.807) is 0 Å². The van der Waals surface area contributed by atoms with E-state index in [1.807, 2.05) is 6.92 Å². The van der Waals surface area contributed by atoms with Crippen LogP contribution >= 0.6 is 0 Å². The number of hydrogen-bond donors (Lipinski definition) is 1. The molecule has 0 unspecified atom stereocenters. The van der Waals surface area contributed by atoms with Crippen LogP contribution in [0.25, 0.3) is 0 Å². The van der Waals surface area contributed by atoms with Crippen molar-refractivity contribution in [2.75, 3.05) is 0 Å². The quantitative estimate of drug-likeness (QED) is 0.270. The summed E-state index contributed by atoms with van der Waals surface area (Å²) in [6.07, 6.45) is 23.5. The van der Waals surface area contributed by atoms with E-state index in [9.17, 15) is 5.11 Å². The fourth-order valence-electron chi connectivity index (χ4n) is 4.10. The van der Waals surface area contributed by atoms with Crippen LogP contribution in [0.1, 0.15) is 126 Å². The molecule has 0 bridgehead atoms. The molecule has 0 fully saturated rings. The Kier molecular flexibility index (Phi) is 14.3. The number of hydrogen-bond acceptors (Lipinski definition) is 1. The van der Waals surface area contributed by atoms with E-state index in [0.29, 0.717) is 5.75 Å². The lowest BCUT2D eigenvalue weighted by Crippen LogP contribution is -1.91. The fraction of sp³-hybridized carbons (Fsp3) is 0.769. The molecule has 0 spiro atoms. The fourth-order valence-corrected chi connectivity index (χ4v) is 4.10. The molecule has 0 saturated carbocycles. The molecule has 0 saturated heterocycles. The van der Waals surface area contributed by atoms with Gasteiger partial charge in [0.15, 0.2) is 0 Å². The lowest BCUT2D eigenvalue weighted by Gasteiger charge is -2.09. The first-order chi connectivity index (χ1) is 13.1. The van der Waals surface area contributed by atoms with Gasteiger partial charge in [-0.15, -0.1) is 0 Å². The minimum atomic E-state index is 0.515. The SMILES string of the molecule is CCCCCCCCCCCCCCCCCCc1cc(C)cc(C)c1O. The van der Waals surface area contributed by atoms with Gasteiger partial charge in [0, 0.05) is 0 Å². The summed E-state index contributed by atoms with van der Waals surface area (Å²) in [6, 6.07) is 4.21. The van der Waals surface area contributed by atoms with Crippen molar-refractivity contribution in [1.29, 1.82) is 0 Å². The Hall–Kier alpha value is -0.980. The van der Waals surface area contributed by atoms with Gasteiger partial charge in [0.1, 0.15) is 5.75 Å². The predicted octanol–water partition coefficient (Wildman–Crippen LogP) is 8.81. The first kappa shape index (κ1) is 24.1. The summed E-state index contributed by atoms with van der Waals surface area (Å²) in [5, 5.41) is 10.1. The van der Waals surface area contributed by atoms with Gasteiger partial charge in [0.25, 0.3) is 0 Å². The van der Waals surface area contributed by atoms with Crippen LogP contribution in [0, 0.1) is 13.8 Å². The van der Waals surface area contributed by atoms with E-state index in [4.69, 9.17) is 0 Å². The van der Waals surface area contributed by atoms with Gasteiger partial charge in [-0.25, -0.2) is 0 Å². The molecule has 0 aliphatic heterocycles. The molecule has 0 atom stereocenters. The molecule has 1 N–H and O–H groups in total. The maximum absolute atomic E-state index is 10.1. The molecule has 0 heterocycles. The van der Waals surface area contributed by atoms with Crippen molar-refractivity contribution in [1.82, 2.24) is 0 Å². The van der Waals surface area contributed by atoms with Crippen LogP contribution in [0.2, 0.25) is 0 Å². The van der Waals surface area contributed by atoms with E-state index in [2.05, 4.69) is 26.0 Å². The van der Waals surface area contributed by atoms with Gasteiger partial charge in [-0.1, -0.05) is 121 Å². The van der Waals surface area contributed by atoms with Gasteiger partial charge in [0.05, 0.1) is 0 Å². The van der Waals surface area contributed by atoms with Gasteiger partial charge in [-0.05, 0) is 37.8 Å². The Morgan fingerprint density at radius 3 is 1.44 bits per heavy atom. The van der Waals surface area contributed by atoms with Crippen molar-refractivity contribution >= 4 is 0 Å². The minimum Gasteiger partial charge on any atom is -0.507 e. The summed E-state index contributed by atoms with van der Waals surface area (Å²) in [6.45, 7) is 6.40. The highest BCUT2D eigenvalue weighted by atomic mass is 16.3. The number of aromatic hydroxyl groups is 1. The zero-order valence-electron chi connectivity index (χ0n) is 18.6. The van der Waals surface area contributed by atoms with Crippen LogP contribution in [0.5, 0.6) is 5.75 Å². The molecular weight excluding hydrogens is 328 g/mol. The average molecular weight is 375 g/mol. The molecule has 1 heteroatoms. The molecule has 0 aromatic heterocycles. The van der Waals surface area contributed by atoms with Crippen LogP contribution in [0.4, 0.5) is 0 Å². The highest BCUT2D eigenvalue weighted by Crippen LogP contribution is 2.25. The molecule has 1 rings (SSSR count). The molecule has 27 heavy (non-hydrogen) atoms. The summed E-state index contributed by atoms with van der Waals surface area (Å²) >= 11 is 0. The minimum absolute atomic E-state index is 0.515. The van der Waals surface area contributed by atoms with Gasteiger partial charge in [-0.3, -0.25) is 0 Å². The number of unbranched alkanes of at least 4 members (excludes halogenated alkanes) is 15. The normalized spacial score (nSPS) is 11.2. The van der Waals surface area contributed by atoms with Crippen LogP contribution in [-0.2, 0) is 6.42 Å². The van der Waals surface area contributed by atoms with Crippen molar-refractivity contribution < 1.29 is 5.11 Å². The molecular formula is C26H46O. The topological polar surface area (TPSA) is 20.2 Å². The summed E-state index contributed by atoms with van der Waals surface area (Å²) in [5.74, 6) is 0.515. The van der Waals surface area contributed by atoms with Crippen LogP contribution in [0.3, 0.4) is 0 Å². The Labute approximate surface area is 170 Å². The highest BCUT2D eigenvalue weighted by Gasteiger charge is 2.05. The second-order valence-corrected chi connectivity index (χ2v) is 8.64. The van der Waals surface area contributed by atoms with E-state index in [1.165, 1.54) is 108 Å². The zero-order chi connectivity index (χ0) is 19.7. The third kappa shape index (κ3) is 12.2. The number of aryl methyl sites for hydroxylation is 3. The van der Waals surface area contributed by atoms with Crippen LogP contribution in [-0.4, -0.2) is 5.11 Å². The molecule has 1 aromatic rings. The van der Waals surface area contributed by atoms with Gasteiger partial charge >= 0.3 is 0 Å². The predicted molar refractivity (Wildman–Crippen MR) is 121 cm³/mol. The van der Waals surface area contributed by atoms with Crippen LogP contribution in [0.15, 0.2) is 12.1 Å². The van der Waals surface area contributed by atoms with Crippen molar-refractivity contribution in [3.05, 3.63) is 28.8 Å². The van der Waals surface area contributed by atoms with Crippen molar-refractivity contribution in [2.24, 2.45) is 0 Å². The lowest BCUT2D eigenvalue weighted by atomic mass is 9.99. The van der Waals surface area contributed by atoms with Crippen molar-refractivity contribution in [3.8, 4) is 5.75 Å². The van der Waals surface area contributed by atoms with E-state index in [0.717, 1.165) is 17.5 Å². The standard InChI is InChI=1S/C26H46O/c1-4-5-6-7-8-9-10-11-12-13-14-15-16-17-18-19-20-25-22-23(2)21-24(3)26(25)27/h21-22,27H,4-20H2,1-3H3. The third-order valence-electron chi connectivity index (χ3n) is 5.82. The maximum Gasteiger partial charge on any atom is 0.121 e. The second kappa shape index (κ2) is 16.0. The Morgan fingerprint density at radius 1 is 0.593 bits per heavy atom. The molecule has 1 aromatic carbocycles. The van der Waals surface area contributed by atoms with Crippen molar-refractivity contribution in [3.63, 3.8) is 0 Å². The summed E-state index contributed by atoms with van der Waals surface area (Å²) in [7, 11) is 0. The molecule has 0 amide bonds. The largest absolute Gasteiger partial charge is 0.507 e. The first-order valence-electron chi connectivity index (χ1n) is 11.9. The average Bonchev–Trinajstić information content (AvgIpc) is 2.65. The van der Waals surface area contributed by atoms with E-state index in [-0.39, 0.29) is 0 Å². The maximum atomic E-state index is 10.1. The summed E-state index contributed by atoms with van der Waals surface area (Å²) in [4.78, 5) is 0. The lowest BCUT2D eigenvalue weighted by molar-refractivity contribution is 0.461. The number of phenolic OH excluding ortho intramolecular Hbond substituents is 1. The zero-order valence-corrected chi connectivity index (χ0v) is 18.6. The third-order valence-corrected chi connectivity index (χ3v) is 5.82. The van der Waals surface area contributed by atoms with Gasteiger partial charge in [0.2, 0.25) is 0 Å². The number of phenols is 1. The summed E-state index contributed by atoms with van der Waals surface area (Å²) < 4.78 is 0. The molecule has 1 nitrogen and oxygen atoms in total. The first-order valence-corrected chi connectivity index (χ1v) is 11.9. The van der Waals surface area contributed by atoms with E-state index < -0.39 is 0 Å². The summed E-state index contributed by atoms with van der Waals surface area (Å²) in [5.41, 5.74) is 3.41. The molecule has 0 radical (unpaired) electrons. The van der Waals surface area contributed by atoms with Crippen LogP contribution < -0.4 is 0 Å². The second-order valence-electron chi connectivity index (χ2n) is 8.64. The Balaban J connectivity index is 1.86. The molecule has 0 aliphatic rings. The number of benzene rings is 1. The molecule has 156 valence electrons. The Bertz CT molecular complexity index is 477. The smallest absolute Gasteiger partial charge is 0.121 e. The van der Waals surface area contributed by atoms with Crippen molar-refractivity contribution in [2.45, 2.75) is 130 Å². The van der Waals surface area contributed by atoms with E-state index >= 15 is 0 Å². The molecule has 0 aliphatic carbocycles. The highest BCUT2D eigenvalue weighted by molar-refractivity contribution is 5.42.